The zero-order chi connectivity index (χ0) is 16.9. The van der Waals surface area contributed by atoms with E-state index in [0.29, 0.717) is 0 Å². The maximum Gasteiger partial charge on any atom is 0.323 e. The highest BCUT2D eigenvalue weighted by Gasteiger charge is 2.26. The van der Waals surface area contributed by atoms with E-state index in [9.17, 15) is 9.59 Å². The molecule has 10 nitrogen and oxygen atoms in total. The van der Waals surface area contributed by atoms with Gasteiger partial charge in [-0.2, -0.15) is 5.26 Å². The fraction of sp³-hybridized carbons (Fsp3) is 0.333. The SMILES string of the molecule is [C-]#[N+]c1nc(N(CC(=O)O)CC(=O)O)c(C#N)nc1N(C)C. The number of aromatic nitrogens is 2. The summed E-state index contributed by atoms with van der Waals surface area (Å²) in [5.41, 5.74) is -0.251. The molecule has 0 aromatic carbocycles. The predicted molar refractivity (Wildman–Crippen MR) is 74.8 cm³/mol. The first kappa shape index (κ1) is 16.7. The zero-order valence-electron chi connectivity index (χ0n) is 11.8. The minimum atomic E-state index is -1.30. The molecule has 22 heavy (non-hydrogen) atoms. The lowest BCUT2D eigenvalue weighted by Gasteiger charge is -2.19. The summed E-state index contributed by atoms with van der Waals surface area (Å²) in [6.45, 7) is 5.72. The van der Waals surface area contributed by atoms with Crippen molar-refractivity contribution in [2.24, 2.45) is 0 Å². The average molecular weight is 304 g/mol. The summed E-state index contributed by atoms with van der Waals surface area (Å²) in [6.07, 6.45) is 0. The maximum absolute atomic E-state index is 10.9. The normalized spacial score (nSPS) is 9.45. The molecule has 0 amide bonds. The molecular weight excluding hydrogens is 292 g/mol. The number of anilines is 2. The van der Waals surface area contributed by atoms with Gasteiger partial charge in [-0.15, -0.1) is 0 Å². The van der Waals surface area contributed by atoms with Crippen molar-refractivity contribution in [3.63, 3.8) is 0 Å². The third kappa shape index (κ3) is 3.80. The first-order chi connectivity index (χ1) is 10.3. The van der Waals surface area contributed by atoms with Crippen molar-refractivity contribution in [1.29, 1.82) is 5.26 Å². The molecule has 0 aliphatic rings. The van der Waals surface area contributed by atoms with Crippen LogP contribution < -0.4 is 9.80 Å². The molecule has 0 fully saturated rings. The molecule has 114 valence electrons. The smallest absolute Gasteiger partial charge is 0.323 e. The Bertz CT molecular complexity index is 672. The van der Waals surface area contributed by atoms with Crippen LogP contribution in [0.1, 0.15) is 5.69 Å². The first-order valence-electron chi connectivity index (χ1n) is 5.85. The molecule has 2 N–H and O–H groups in total. The minimum absolute atomic E-state index is 0.140. The molecule has 0 aliphatic heterocycles. The van der Waals surface area contributed by atoms with Crippen LogP contribution in [-0.4, -0.2) is 59.3 Å². The lowest BCUT2D eigenvalue weighted by Crippen LogP contribution is -2.36. The van der Waals surface area contributed by atoms with Crippen LogP contribution in [0.25, 0.3) is 4.85 Å². The van der Waals surface area contributed by atoms with E-state index >= 15 is 0 Å². The highest BCUT2D eigenvalue weighted by atomic mass is 16.4. The van der Waals surface area contributed by atoms with E-state index < -0.39 is 25.0 Å². The first-order valence-corrected chi connectivity index (χ1v) is 5.85. The molecule has 0 bridgehead atoms. The lowest BCUT2D eigenvalue weighted by molar-refractivity contribution is -0.136. The Hall–Kier alpha value is -3.40. The Morgan fingerprint density at radius 3 is 2.14 bits per heavy atom. The van der Waals surface area contributed by atoms with Gasteiger partial charge in [-0.1, -0.05) is 11.6 Å². The van der Waals surface area contributed by atoms with Crippen molar-refractivity contribution in [2.75, 3.05) is 37.0 Å². The van der Waals surface area contributed by atoms with Crippen LogP contribution in [-0.2, 0) is 9.59 Å². The number of hydrogen-bond donors (Lipinski definition) is 2. The summed E-state index contributed by atoms with van der Waals surface area (Å²) >= 11 is 0. The number of carboxylic acids is 2. The Kier molecular flexibility index (Phi) is 5.19. The van der Waals surface area contributed by atoms with Gasteiger partial charge in [0, 0.05) is 14.1 Å². The van der Waals surface area contributed by atoms with Crippen LogP contribution in [0.3, 0.4) is 0 Å². The second-order valence-corrected chi connectivity index (χ2v) is 4.30. The van der Waals surface area contributed by atoms with E-state index in [4.69, 9.17) is 22.0 Å². The molecule has 0 atom stereocenters. The zero-order valence-corrected chi connectivity index (χ0v) is 11.8. The summed E-state index contributed by atoms with van der Waals surface area (Å²) in [5.74, 6) is -2.86. The summed E-state index contributed by atoms with van der Waals surface area (Å²) in [6, 6.07) is 1.74. The van der Waals surface area contributed by atoms with E-state index in [-0.39, 0.29) is 23.1 Å². The van der Waals surface area contributed by atoms with Gasteiger partial charge in [0.15, 0.2) is 5.82 Å². The molecular formula is C12H12N6O4. The van der Waals surface area contributed by atoms with E-state index in [2.05, 4.69) is 14.8 Å². The van der Waals surface area contributed by atoms with Crippen LogP contribution in [0.15, 0.2) is 0 Å². The van der Waals surface area contributed by atoms with Crippen molar-refractivity contribution in [3.05, 3.63) is 17.1 Å². The van der Waals surface area contributed by atoms with Crippen molar-refractivity contribution in [1.82, 2.24) is 9.97 Å². The molecule has 0 aliphatic carbocycles. The van der Waals surface area contributed by atoms with Crippen molar-refractivity contribution in [3.8, 4) is 6.07 Å². The van der Waals surface area contributed by atoms with Gasteiger partial charge >= 0.3 is 17.8 Å². The van der Waals surface area contributed by atoms with Gasteiger partial charge in [0.2, 0.25) is 5.69 Å². The second-order valence-electron chi connectivity index (χ2n) is 4.30. The monoisotopic (exact) mass is 304 g/mol. The van der Waals surface area contributed by atoms with Gasteiger partial charge < -0.3 is 24.9 Å². The molecule has 0 spiro atoms. The molecule has 0 saturated carbocycles. The standard InChI is InChI=1S/C12H12N6O4/c1-14-10-12(17(2)3)15-7(4-13)11(16-10)18(5-8(19)20)6-9(21)22/h5-6H2,2-3H3,(H,19,20)(H,21,22). The third-order valence-corrected chi connectivity index (χ3v) is 2.43. The van der Waals surface area contributed by atoms with Crippen molar-refractivity contribution in [2.45, 2.75) is 0 Å². The summed E-state index contributed by atoms with van der Waals surface area (Å²) in [4.78, 5) is 35.1. The molecule has 0 unspecified atom stereocenters. The predicted octanol–water partition coefficient (Wildman–Crippen LogP) is -0.0593. The highest BCUT2D eigenvalue weighted by Crippen LogP contribution is 2.28. The average Bonchev–Trinajstić information content (AvgIpc) is 2.43. The van der Waals surface area contributed by atoms with Gasteiger partial charge in [-0.05, 0) is 0 Å². The molecule has 10 heteroatoms. The molecule has 1 rings (SSSR count). The topological polar surface area (TPSA) is 135 Å². The second kappa shape index (κ2) is 6.85. The van der Waals surface area contributed by atoms with E-state index in [1.165, 1.54) is 4.90 Å². The molecule has 1 heterocycles. The van der Waals surface area contributed by atoms with E-state index in [1.807, 2.05) is 0 Å². The fourth-order valence-electron chi connectivity index (χ4n) is 1.61. The van der Waals surface area contributed by atoms with Crippen molar-refractivity contribution < 1.29 is 19.8 Å². The Labute approximate surface area is 125 Å². The van der Waals surface area contributed by atoms with Crippen LogP contribution in [0.4, 0.5) is 17.5 Å². The van der Waals surface area contributed by atoms with Gasteiger partial charge in [0.1, 0.15) is 19.2 Å². The van der Waals surface area contributed by atoms with Crippen LogP contribution >= 0.6 is 0 Å². The Morgan fingerprint density at radius 2 is 1.77 bits per heavy atom. The minimum Gasteiger partial charge on any atom is -0.480 e. The molecule has 1 aromatic heterocycles. The number of carboxylic acid groups (broad SMARTS) is 2. The van der Waals surface area contributed by atoms with Crippen LogP contribution in [0, 0.1) is 17.9 Å². The number of hydrogen-bond acceptors (Lipinski definition) is 7. The Morgan fingerprint density at radius 1 is 1.23 bits per heavy atom. The van der Waals surface area contributed by atoms with Crippen molar-refractivity contribution >= 4 is 29.4 Å². The molecule has 1 aromatic rings. The summed E-state index contributed by atoms with van der Waals surface area (Å²) < 4.78 is 0. The largest absolute Gasteiger partial charge is 0.480 e. The number of rotatable bonds is 6. The Balaban J connectivity index is 3.48. The summed E-state index contributed by atoms with van der Waals surface area (Å²) in [5, 5.41) is 26.8. The molecule has 0 radical (unpaired) electrons. The third-order valence-electron chi connectivity index (χ3n) is 2.43. The number of nitriles is 1. The van der Waals surface area contributed by atoms with Crippen LogP contribution in [0.5, 0.6) is 0 Å². The number of aliphatic carboxylic acids is 2. The van der Waals surface area contributed by atoms with Crippen LogP contribution in [0.2, 0.25) is 0 Å². The number of nitrogens with zero attached hydrogens (tertiary/aromatic N) is 6. The van der Waals surface area contributed by atoms with E-state index in [0.717, 1.165) is 4.90 Å². The van der Waals surface area contributed by atoms with Gasteiger partial charge in [-0.3, -0.25) is 9.59 Å². The number of carbonyl (C=O) groups is 2. The van der Waals surface area contributed by atoms with E-state index in [1.54, 1.807) is 20.2 Å². The molecule has 0 saturated heterocycles. The highest BCUT2D eigenvalue weighted by molar-refractivity contribution is 5.80. The van der Waals surface area contributed by atoms with Gasteiger partial charge in [-0.25, -0.2) is 4.98 Å². The maximum atomic E-state index is 10.9. The lowest BCUT2D eigenvalue weighted by atomic mass is 10.3. The quantitative estimate of drug-likeness (QED) is 0.693. The van der Waals surface area contributed by atoms with Gasteiger partial charge in [0.25, 0.3) is 5.82 Å². The summed E-state index contributed by atoms with van der Waals surface area (Å²) in [7, 11) is 3.21. The van der Waals surface area contributed by atoms with Gasteiger partial charge in [0.05, 0.1) is 0 Å². The fourth-order valence-corrected chi connectivity index (χ4v) is 1.61.